The number of hydrogen-bond acceptors (Lipinski definition) is 1. The van der Waals surface area contributed by atoms with E-state index < -0.39 is 24.4 Å². The molecule has 3 nitrogen and oxygen atoms in total. The van der Waals surface area contributed by atoms with E-state index in [9.17, 15) is 22.4 Å². The second-order valence-electron chi connectivity index (χ2n) is 4.04. The number of benzene rings is 1. The molecule has 19 heavy (non-hydrogen) atoms. The third-order valence-corrected chi connectivity index (χ3v) is 2.53. The van der Waals surface area contributed by atoms with Crippen LogP contribution < -0.4 is 5.32 Å². The van der Waals surface area contributed by atoms with Crippen LogP contribution in [0.15, 0.2) is 30.5 Å². The molecule has 1 aromatic heterocycles. The average Bonchev–Trinajstić information content (AvgIpc) is 2.68. The monoisotopic (exact) mass is 274 g/mol. The normalized spacial score (nSPS) is 11.8. The van der Waals surface area contributed by atoms with Crippen LogP contribution in [0.1, 0.15) is 0 Å². The van der Waals surface area contributed by atoms with Crippen molar-refractivity contribution in [3.63, 3.8) is 0 Å². The number of rotatable bonds is 3. The van der Waals surface area contributed by atoms with Crippen molar-refractivity contribution in [2.75, 3.05) is 6.54 Å². The molecule has 0 aliphatic carbocycles. The van der Waals surface area contributed by atoms with Crippen molar-refractivity contribution in [1.82, 2.24) is 9.88 Å². The molecule has 102 valence electrons. The minimum absolute atomic E-state index is 0.245. The van der Waals surface area contributed by atoms with E-state index in [1.165, 1.54) is 29.0 Å². The summed E-state index contributed by atoms with van der Waals surface area (Å²) in [4.78, 5) is 11.4. The standard InChI is InChI=1S/C12H10F4N2O/c13-9-1-2-10-8(5-9)3-4-18(10)6-11(19)17-7-12(14,15)16/h1-5H,6-7H2,(H,17,19). The highest BCUT2D eigenvalue weighted by Crippen LogP contribution is 2.17. The van der Waals surface area contributed by atoms with E-state index in [-0.39, 0.29) is 6.54 Å². The van der Waals surface area contributed by atoms with Crippen LogP contribution in [0.2, 0.25) is 0 Å². The van der Waals surface area contributed by atoms with Crippen LogP contribution in [-0.2, 0) is 11.3 Å². The van der Waals surface area contributed by atoms with Crippen molar-refractivity contribution in [3.05, 3.63) is 36.3 Å². The molecular weight excluding hydrogens is 264 g/mol. The van der Waals surface area contributed by atoms with Gasteiger partial charge in [0.2, 0.25) is 5.91 Å². The number of alkyl halides is 3. The number of amides is 1. The number of hydrogen-bond donors (Lipinski definition) is 1. The molecule has 0 radical (unpaired) electrons. The molecule has 2 rings (SSSR count). The Kier molecular flexibility index (Phi) is 3.46. The van der Waals surface area contributed by atoms with Gasteiger partial charge in [0.15, 0.2) is 0 Å². The van der Waals surface area contributed by atoms with E-state index >= 15 is 0 Å². The maximum atomic E-state index is 12.9. The second kappa shape index (κ2) is 4.91. The first-order valence-electron chi connectivity index (χ1n) is 5.43. The molecule has 1 heterocycles. The fraction of sp³-hybridized carbons (Fsp3) is 0.250. The first-order chi connectivity index (χ1) is 8.85. The Labute approximate surface area is 105 Å². The zero-order valence-electron chi connectivity index (χ0n) is 9.67. The lowest BCUT2D eigenvalue weighted by atomic mass is 10.2. The van der Waals surface area contributed by atoms with Gasteiger partial charge in [-0.2, -0.15) is 13.2 Å². The molecule has 1 amide bonds. The van der Waals surface area contributed by atoms with Crippen molar-refractivity contribution < 1.29 is 22.4 Å². The number of carbonyl (C=O) groups excluding carboxylic acids is 1. The summed E-state index contributed by atoms with van der Waals surface area (Å²) >= 11 is 0. The SMILES string of the molecule is O=C(Cn1ccc2cc(F)ccc21)NCC(F)(F)F. The van der Waals surface area contributed by atoms with Crippen LogP contribution in [-0.4, -0.2) is 23.2 Å². The summed E-state index contributed by atoms with van der Waals surface area (Å²) in [7, 11) is 0. The highest BCUT2D eigenvalue weighted by molar-refractivity contribution is 5.83. The van der Waals surface area contributed by atoms with E-state index in [4.69, 9.17) is 0 Å². The lowest BCUT2D eigenvalue weighted by molar-refractivity contribution is -0.138. The van der Waals surface area contributed by atoms with Gasteiger partial charge in [-0.1, -0.05) is 0 Å². The molecule has 0 unspecified atom stereocenters. The fourth-order valence-corrected chi connectivity index (χ4v) is 1.72. The van der Waals surface area contributed by atoms with Crippen molar-refractivity contribution in [2.45, 2.75) is 12.7 Å². The predicted octanol–water partition coefficient (Wildman–Crippen LogP) is 2.46. The van der Waals surface area contributed by atoms with Gasteiger partial charge in [0.25, 0.3) is 0 Å². The van der Waals surface area contributed by atoms with Crippen LogP contribution in [0.5, 0.6) is 0 Å². The first kappa shape index (κ1) is 13.4. The van der Waals surface area contributed by atoms with Gasteiger partial charge in [-0.05, 0) is 24.3 Å². The van der Waals surface area contributed by atoms with E-state index in [0.29, 0.717) is 10.9 Å². The summed E-state index contributed by atoms with van der Waals surface area (Å²) < 4.78 is 50.2. The zero-order chi connectivity index (χ0) is 14.0. The summed E-state index contributed by atoms with van der Waals surface area (Å²) in [6.07, 6.45) is -2.91. The van der Waals surface area contributed by atoms with Gasteiger partial charge >= 0.3 is 6.18 Å². The molecule has 0 saturated heterocycles. The van der Waals surface area contributed by atoms with Crippen molar-refractivity contribution >= 4 is 16.8 Å². The Morgan fingerprint density at radius 2 is 2.00 bits per heavy atom. The predicted molar refractivity (Wildman–Crippen MR) is 61.0 cm³/mol. The van der Waals surface area contributed by atoms with Gasteiger partial charge in [0.05, 0.1) is 0 Å². The van der Waals surface area contributed by atoms with Crippen molar-refractivity contribution in [3.8, 4) is 0 Å². The number of aromatic nitrogens is 1. The van der Waals surface area contributed by atoms with Gasteiger partial charge in [-0.15, -0.1) is 0 Å². The van der Waals surface area contributed by atoms with Gasteiger partial charge in [0.1, 0.15) is 18.9 Å². The van der Waals surface area contributed by atoms with E-state index in [1.54, 1.807) is 11.4 Å². The molecule has 7 heteroatoms. The molecule has 0 aliphatic rings. The summed E-state index contributed by atoms with van der Waals surface area (Å²) in [6, 6.07) is 5.59. The van der Waals surface area contributed by atoms with Crippen molar-refractivity contribution in [1.29, 1.82) is 0 Å². The minimum atomic E-state index is -4.43. The fourth-order valence-electron chi connectivity index (χ4n) is 1.72. The highest BCUT2D eigenvalue weighted by atomic mass is 19.4. The molecule has 0 fully saturated rings. The molecule has 2 aromatic rings. The number of nitrogens with zero attached hydrogens (tertiary/aromatic N) is 1. The Hall–Kier alpha value is -2.05. The third kappa shape index (κ3) is 3.46. The molecule has 0 atom stereocenters. The van der Waals surface area contributed by atoms with E-state index in [1.807, 2.05) is 0 Å². The number of fused-ring (bicyclic) bond motifs is 1. The van der Waals surface area contributed by atoms with Gasteiger partial charge in [0, 0.05) is 17.1 Å². The maximum absolute atomic E-state index is 12.9. The Morgan fingerprint density at radius 1 is 1.26 bits per heavy atom. The maximum Gasteiger partial charge on any atom is 0.405 e. The lowest BCUT2D eigenvalue weighted by Crippen LogP contribution is -2.35. The molecule has 0 bridgehead atoms. The quantitative estimate of drug-likeness (QED) is 0.857. The second-order valence-corrected chi connectivity index (χ2v) is 4.04. The van der Waals surface area contributed by atoms with Crippen LogP contribution in [0.3, 0.4) is 0 Å². The van der Waals surface area contributed by atoms with Crippen LogP contribution >= 0.6 is 0 Å². The lowest BCUT2D eigenvalue weighted by Gasteiger charge is -2.09. The minimum Gasteiger partial charge on any atom is -0.345 e. The topological polar surface area (TPSA) is 34.0 Å². The summed E-state index contributed by atoms with van der Waals surface area (Å²) in [5.41, 5.74) is 0.587. The van der Waals surface area contributed by atoms with Crippen LogP contribution in [0, 0.1) is 5.82 Å². The number of carbonyl (C=O) groups is 1. The largest absolute Gasteiger partial charge is 0.405 e. The third-order valence-electron chi connectivity index (χ3n) is 2.53. The van der Waals surface area contributed by atoms with Gasteiger partial charge in [-0.25, -0.2) is 4.39 Å². The van der Waals surface area contributed by atoms with Crippen LogP contribution in [0.25, 0.3) is 10.9 Å². The van der Waals surface area contributed by atoms with Gasteiger partial charge in [-0.3, -0.25) is 4.79 Å². The molecule has 1 N–H and O–H groups in total. The number of halogens is 4. The Morgan fingerprint density at radius 3 is 2.68 bits per heavy atom. The molecule has 0 saturated carbocycles. The smallest absolute Gasteiger partial charge is 0.345 e. The highest BCUT2D eigenvalue weighted by Gasteiger charge is 2.27. The molecule has 0 aliphatic heterocycles. The Balaban J connectivity index is 2.07. The summed E-state index contributed by atoms with van der Waals surface area (Å²) in [5.74, 6) is -1.16. The van der Waals surface area contributed by atoms with Crippen molar-refractivity contribution in [2.24, 2.45) is 0 Å². The van der Waals surface area contributed by atoms with Gasteiger partial charge < -0.3 is 9.88 Å². The van der Waals surface area contributed by atoms with E-state index in [2.05, 4.69) is 0 Å². The average molecular weight is 274 g/mol. The summed E-state index contributed by atoms with van der Waals surface area (Å²) in [5, 5.41) is 2.36. The Bertz CT molecular complexity index is 603. The summed E-state index contributed by atoms with van der Waals surface area (Å²) in [6.45, 7) is -1.61. The molecule has 0 spiro atoms. The molecule has 1 aromatic carbocycles. The molecular formula is C12H10F4N2O. The van der Waals surface area contributed by atoms with Crippen LogP contribution in [0.4, 0.5) is 17.6 Å². The van der Waals surface area contributed by atoms with E-state index in [0.717, 1.165) is 0 Å². The zero-order valence-corrected chi connectivity index (χ0v) is 9.67. The first-order valence-corrected chi connectivity index (χ1v) is 5.43. The number of nitrogens with one attached hydrogen (secondary N) is 1.